The molecule has 0 spiro atoms. The summed E-state index contributed by atoms with van der Waals surface area (Å²) >= 11 is 12.2. The molecule has 3 rings (SSSR count). The highest BCUT2D eigenvalue weighted by atomic mass is 35.5. The molecule has 1 aliphatic heterocycles. The highest BCUT2D eigenvalue weighted by Crippen LogP contribution is 2.25. The molecule has 0 atom stereocenters. The second-order valence-corrected chi connectivity index (χ2v) is 7.48. The molecule has 2 aromatic rings. The third kappa shape index (κ3) is 6.10. The van der Waals surface area contributed by atoms with Gasteiger partial charge in [0.1, 0.15) is 0 Å². The third-order valence-electron chi connectivity index (χ3n) is 4.59. The first kappa shape index (κ1) is 21.4. The lowest BCUT2D eigenvalue weighted by Gasteiger charge is -2.35. The van der Waals surface area contributed by atoms with Gasteiger partial charge >= 0.3 is 5.97 Å². The van der Waals surface area contributed by atoms with Crippen molar-refractivity contribution in [3.05, 3.63) is 64.1 Å². The topological polar surface area (TPSA) is 57.2 Å². The predicted molar refractivity (Wildman–Crippen MR) is 117 cm³/mol. The zero-order chi connectivity index (χ0) is 20.6. The Balaban J connectivity index is 1.67. The normalized spacial score (nSPS) is 15.3. The van der Waals surface area contributed by atoms with Crippen LogP contribution in [0.2, 0.25) is 10.0 Å². The third-order valence-corrected chi connectivity index (χ3v) is 5.15. The lowest BCUT2D eigenvalue weighted by molar-refractivity contribution is -0.136. The maximum atomic E-state index is 12.5. The number of halogens is 2. The Hall–Kier alpha value is -2.28. The number of anilines is 1. The van der Waals surface area contributed by atoms with Gasteiger partial charge in [0.15, 0.2) is 0 Å². The summed E-state index contributed by atoms with van der Waals surface area (Å²) in [5, 5.41) is 5.30. The van der Waals surface area contributed by atoms with Crippen LogP contribution in [0.1, 0.15) is 12.5 Å². The molecule has 1 fully saturated rings. The average Bonchev–Trinajstić information content (AvgIpc) is 2.73. The van der Waals surface area contributed by atoms with Crippen LogP contribution in [0.15, 0.2) is 53.6 Å². The van der Waals surface area contributed by atoms with Gasteiger partial charge < -0.3 is 9.64 Å². The van der Waals surface area contributed by atoms with Crippen molar-refractivity contribution in [3.63, 3.8) is 0 Å². The summed E-state index contributed by atoms with van der Waals surface area (Å²) in [6, 6.07) is 15.4. The summed E-state index contributed by atoms with van der Waals surface area (Å²) in [6.07, 6.45) is 0. The van der Waals surface area contributed by atoms with Gasteiger partial charge in [-0.2, -0.15) is 0 Å². The van der Waals surface area contributed by atoms with E-state index in [1.54, 1.807) is 25.1 Å². The molecule has 0 aliphatic carbocycles. The van der Waals surface area contributed by atoms with E-state index >= 15 is 0 Å². The Morgan fingerprint density at radius 2 is 1.83 bits per heavy atom. The molecule has 1 saturated heterocycles. The molecule has 0 saturated carbocycles. The molecule has 1 N–H and O–H groups in total. The highest BCUT2D eigenvalue weighted by Gasteiger charge is 2.25. The largest absolute Gasteiger partial charge is 0.460 e. The van der Waals surface area contributed by atoms with Gasteiger partial charge in [0, 0.05) is 37.7 Å². The SMILES string of the molecule is CCOC(=O)/C(=N/Nc1cc(Cl)ccc1Cl)N1CCN(Cc2ccccc2)CC1. The fourth-order valence-corrected chi connectivity index (χ4v) is 3.43. The van der Waals surface area contributed by atoms with Crippen molar-refractivity contribution in [3.8, 4) is 0 Å². The van der Waals surface area contributed by atoms with Crippen molar-refractivity contribution in [2.75, 3.05) is 38.2 Å². The highest BCUT2D eigenvalue weighted by molar-refractivity contribution is 6.36. The monoisotopic (exact) mass is 434 g/mol. The van der Waals surface area contributed by atoms with E-state index in [9.17, 15) is 4.79 Å². The first-order valence-corrected chi connectivity index (χ1v) is 10.3. The van der Waals surface area contributed by atoms with Crippen LogP contribution >= 0.6 is 23.2 Å². The van der Waals surface area contributed by atoms with E-state index in [2.05, 4.69) is 27.6 Å². The standard InChI is InChI=1S/C21H24Cl2N4O2/c1-2-29-21(28)20(25-24-19-14-17(22)8-9-18(19)23)27-12-10-26(11-13-27)15-16-6-4-3-5-7-16/h3-9,14,24H,2,10-13,15H2,1H3/b25-20-. The van der Waals surface area contributed by atoms with Crippen LogP contribution in [0.3, 0.4) is 0 Å². The molecule has 8 heteroatoms. The molecule has 0 radical (unpaired) electrons. The van der Waals surface area contributed by atoms with Crippen LogP contribution in [-0.4, -0.2) is 54.4 Å². The number of piperazine rings is 1. The zero-order valence-electron chi connectivity index (χ0n) is 16.3. The Bertz CT molecular complexity index is 853. The number of esters is 1. The number of nitrogens with one attached hydrogen (secondary N) is 1. The van der Waals surface area contributed by atoms with Crippen LogP contribution in [0.25, 0.3) is 0 Å². The lowest BCUT2D eigenvalue weighted by Crippen LogP contribution is -2.50. The van der Waals surface area contributed by atoms with E-state index in [4.69, 9.17) is 27.9 Å². The Kier molecular flexibility index (Phi) is 7.75. The second-order valence-electron chi connectivity index (χ2n) is 6.64. The number of carbonyl (C=O) groups is 1. The van der Waals surface area contributed by atoms with Gasteiger partial charge in [-0.05, 0) is 30.7 Å². The molecule has 2 aromatic carbocycles. The summed E-state index contributed by atoms with van der Waals surface area (Å²) in [7, 11) is 0. The van der Waals surface area contributed by atoms with Crippen LogP contribution < -0.4 is 5.43 Å². The van der Waals surface area contributed by atoms with Crippen molar-refractivity contribution in [1.29, 1.82) is 0 Å². The molecule has 1 heterocycles. The number of rotatable bonds is 5. The van der Waals surface area contributed by atoms with Crippen molar-refractivity contribution in [1.82, 2.24) is 9.80 Å². The number of hydrogen-bond acceptors (Lipinski definition) is 5. The molecule has 6 nitrogen and oxygen atoms in total. The number of hydrogen-bond donors (Lipinski definition) is 1. The minimum Gasteiger partial charge on any atom is -0.460 e. The van der Waals surface area contributed by atoms with Crippen molar-refractivity contribution < 1.29 is 9.53 Å². The van der Waals surface area contributed by atoms with Crippen molar-refractivity contribution >= 4 is 40.7 Å². The minimum atomic E-state index is -0.463. The molecular weight excluding hydrogens is 411 g/mol. The van der Waals surface area contributed by atoms with Gasteiger partial charge in [0.2, 0.25) is 5.84 Å². The first-order chi connectivity index (χ1) is 14.1. The first-order valence-electron chi connectivity index (χ1n) is 9.54. The quantitative estimate of drug-likeness (QED) is 0.332. The number of carbonyl (C=O) groups excluding carboxylic acids is 1. The molecule has 1 aliphatic rings. The summed E-state index contributed by atoms with van der Waals surface area (Å²) in [5.74, 6) is -0.225. The molecule has 154 valence electrons. The van der Waals surface area contributed by atoms with Crippen LogP contribution in [0, 0.1) is 0 Å². The van der Waals surface area contributed by atoms with Gasteiger partial charge in [-0.3, -0.25) is 10.3 Å². The van der Waals surface area contributed by atoms with E-state index in [1.807, 2.05) is 23.1 Å². The summed E-state index contributed by atoms with van der Waals surface area (Å²) in [4.78, 5) is 16.8. The van der Waals surface area contributed by atoms with Crippen LogP contribution in [0.4, 0.5) is 5.69 Å². The fourth-order valence-electron chi connectivity index (χ4n) is 3.10. The van der Waals surface area contributed by atoms with E-state index in [0.717, 1.165) is 19.6 Å². The van der Waals surface area contributed by atoms with Crippen molar-refractivity contribution in [2.45, 2.75) is 13.5 Å². The number of amidine groups is 1. The van der Waals surface area contributed by atoms with E-state index < -0.39 is 5.97 Å². The number of benzene rings is 2. The van der Waals surface area contributed by atoms with E-state index in [0.29, 0.717) is 28.8 Å². The maximum absolute atomic E-state index is 12.5. The number of hydrazone groups is 1. The molecule has 0 bridgehead atoms. The molecule has 0 unspecified atom stereocenters. The van der Waals surface area contributed by atoms with E-state index in [-0.39, 0.29) is 12.4 Å². The predicted octanol–water partition coefficient (Wildman–Crippen LogP) is 4.10. The summed E-state index contributed by atoms with van der Waals surface area (Å²) < 4.78 is 5.20. The van der Waals surface area contributed by atoms with E-state index in [1.165, 1.54) is 5.56 Å². The number of ether oxygens (including phenoxy) is 1. The zero-order valence-corrected chi connectivity index (χ0v) is 17.8. The molecule has 0 aromatic heterocycles. The van der Waals surface area contributed by atoms with Gasteiger partial charge in [0.25, 0.3) is 0 Å². The van der Waals surface area contributed by atoms with Crippen LogP contribution in [-0.2, 0) is 16.1 Å². The van der Waals surface area contributed by atoms with Gasteiger partial charge in [-0.25, -0.2) is 4.79 Å². The molecular formula is C21H24Cl2N4O2. The second kappa shape index (κ2) is 10.5. The fraction of sp³-hybridized carbons (Fsp3) is 0.333. The Morgan fingerprint density at radius 1 is 1.10 bits per heavy atom. The minimum absolute atomic E-state index is 0.238. The van der Waals surface area contributed by atoms with Gasteiger partial charge in [0.05, 0.1) is 17.3 Å². The van der Waals surface area contributed by atoms with Crippen molar-refractivity contribution in [2.24, 2.45) is 5.10 Å². The van der Waals surface area contributed by atoms with Gasteiger partial charge in [-0.1, -0.05) is 53.5 Å². The van der Waals surface area contributed by atoms with Gasteiger partial charge in [-0.15, -0.1) is 5.10 Å². The summed E-state index contributed by atoms with van der Waals surface area (Å²) in [5.41, 5.74) is 4.66. The lowest BCUT2D eigenvalue weighted by atomic mass is 10.2. The molecule has 29 heavy (non-hydrogen) atoms. The Morgan fingerprint density at radius 3 is 2.52 bits per heavy atom. The Labute approximate surface area is 181 Å². The summed E-state index contributed by atoms with van der Waals surface area (Å²) in [6.45, 7) is 5.94. The smallest absolute Gasteiger partial charge is 0.375 e. The maximum Gasteiger partial charge on any atom is 0.375 e. The molecule has 0 amide bonds. The van der Waals surface area contributed by atoms with Crippen LogP contribution in [0.5, 0.6) is 0 Å². The average molecular weight is 435 g/mol. The number of nitrogens with zero attached hydrogens (tertiary/aromatic N) is 3.